The van der Waals surface area contributed by atoms with Gasteiger partial charge in [-0.15, -0.1) is 0 Å². The zero-order valence-electron chi connectivity index (χ0n) is 8.97. The Morgan fingerprint density at radius 3 is 3.08 bits per heavy atom. The molecule has 0 aromatic carbocycles. The summed E-state index contributed by atoms with van der Waals surface area (Å²) in [6, 6.07) is 0. The molecule has 1 aliphatic rings. The number of hydrogen-bond acceptors (Lipinski definition) is 1. The Labute approximate surface area is 82.6 Å². The lowest BCUT2D eigenvalue weighted by molar-refractivity contribution is 0.431. The average Bonchev–Trinajstić information content (AvgIpc) is 2.28. The molecule has 13 heavy (non-hydrogen) atoms. The van der Waals surface area contributed by atoms with E-state index in [0.29, 0.717) is 0 Å². The molecule has 76 valence electrons. The van der Waals surface area contributed by atoms with Crippen molar-refractivity contribution in [2.24, 2.45) is 10.9 Å². The van der Waals surface area contributed by atoms with E-state index in [2.05, 4.69) is 18.1 Å². The number of rotatable bonds is 3. The maximum Gasteiger partial charge on any atom is 0.0385 e. The summed E-state index contributed by atoms with van der Waals surface area (Å²) in [6.07, 6.45) is 13.1. The summed E-state index contributed by atoms with van der Waals surface area (Å²) in [6.45, 7) is 3.35. The zero-order valence-corrected chi connectivity index (χ0v) is 8.97. The van der Waals surface area contributed by atoms with Crippen LogP contribution in [0.25, 0.3) is 0 Å². The van der Waals surface area contributed by atoms with Gasteiger partial charge in [-0.2, -0.15) is 0 Å². The van der Waals surface area contributed by atoms with E-state index in [0.717, 1.165) is 12.5 Å². The molecule has 1 heterocycles. The quantitative estimate of drug-likeness (QED) is 0.627. The normalized spacial score (nSPS) is 27.3. The Hall–Kier alpha value is -0.330. The maximum atomic E-state index is 4.42. The minimum absolute atomic E-state index is 0.932. The fourth-order valence-electron chi connectivity index (χ4n) is 2.00. The fourth-order valence-corrected chi connectivity index (χ4v) is 2.00. The SMILES string of the molecule is CCCCC1C/C=N\CCCCC1. The van der Waals surface area contributed by atoms with Crippen molar-refractivity contribution >= 4 is 6.21 Å². The van der Waals surface area contributed by atoms with Gasteiger partial charge in [0, 0.05) is 6.54 Å². The molecule has 0 N–H and O–H groups in total. The number of nitrogens with zero attached hydrogens (tertiary/aromatic N) is 1. The molecular formula is C12H23N. The van der Waals surface area contributed by atoms with Crippen molar-refractivity contribution < 1.29 is 0 Å². The van der Waals surface area contributed by atoms with E-state index in [-0.39, 0.29) is 0 Å². The molecule has 0 aromatic rings. The van der Waals surface area contributed by atoms with E-state index < -0.39 is 0 Å². The number of hydrogen-bond donors (Lipinski definition) is 0. The third kappa shape index (κ3) is 5.07. The molecule has 1 heteroatoms. The van der Waals surface area contributed by atoms with Gasteiger partial charge in [0.25, 0.3) is 0 Å². The molecule has 1 unspecified atom stereocenters. The molecule has 0 spiro atoms. The van der Waals surface area contributed by atoms with Crippen LogP contribution in [-0.4, -0.2) is 12.8 Å². The average molecular weight is 181 g/mol. The second kappa shape index (κ2) is 7.11. The van der Waals surface area contributed by atoms with Crippen LogP contribution in [0.5, 0.6) is 0 Å². The van der Waals surface area contributed by atoms with Crippen molar-refractivity contribution in [1.29, 1.82) is 0 Å². The number of aliphatic imine (C=N–C) groups is 1. The molecule has 0 radical (unpaired) electrons. The molecule has 0 amide bonds. The summed E-state index contributed by atoms with van der Waals surface area (Å²) in [7, 11) is 0. The Balaban J connectivity index is 2.24. The summed E-state index contributed by atoms with van der Waals surface area (Å²) in [4.78, 5) is 4.42. The van der Waals surface area contributed by atoms with Crippen LogP contribution in [-0.2, 0) is 0 Å². The molecule has 1 aliphatic heterocycles. The fraction of sp³-hybridized carbons (Fsp3) is 0.917. The van der Waals surface area contributed by atoms with E-state index in [1.165, 1.54) is 51.4 Å². The lowest BCUT2D eigenvalue weighted by Gasteiger charge is -2.12. The summed E-state index contributed by atoms with van der Waals surface area (Å²) in [5.41, 5.74) is 0. The molecule has 0 aromatic heterocycles. The van der Waals surface area contributed by atoms with Gasteiger partial charge < -0.3 is 0 Å². The highest BCUT2D eigenvalue weighted by atomic mass is 14.7. The first kappa shape index (κ1) is 10.7. The lowest BCUT2D eigenvalue weighted by Crippen LogP contribution is -2.00. The van der Waals surface area contributed by atoms with E-state index >= 15 is 0 Å². The van der Waals surface area contributed by atoms with Crippen LogP contribution < -0.4 is 0 Å². The highest BCUT2D eigenvalue weighted by Gasteiger charge is 2.07. The predicted molar refractivity (Wildman–Crippen MR) is 59.5 cm³/mol. The van der Waals surface area contributed by atoms with Crippen LogP contribution >= 0.6 is 0 Å². The Kier molecular flexibility index (Phi) is 5.88. The highest BCUT2D eigenvalue weighted by Crippen LogP contribution is 2.20. The summed E-state index contributed by atoms with van der Waals surface area (Å²) in [5, 5.41) is 0. The molecule has 1 nitrogen and oxygen atoms in total. The Bertz CT molecular complexity index is 140. The van der Waals surface area contributed by atoms with Gasteiger partial charge >= 0.3 is 0 Å². The van der Waals surface area contributed by atoms with Gasteiger partial charge in [-0.05, 0) is 25.0 Å². The van der Waals surface area contributed by atoms with Crippen LogP contribution in [0.3, 0.4) is 0 Å². The molecule has 0 aliphatic carbocycles. The summed E-state index contributed by atoms with van der Waals surface area (Å²) in [5.74, 6) is 0.932. The van der Waals surface area contributed by atoms with Crippen LogP contribution in [0.2, 0.25) is 0 Å². The Morgan fingerprint density at radius 2 is 2.23 bits per heavy atom. The maximum absolute atomic E-state index is 4.42. The van der Waals surface area contributed by atoms with Crippen molar-refractivity contribution in [2.45, 2.75) is 58.3 Å². The van der Waals surface area contributed by atoms with Gasteiger partial charge in [-0.25, -0.2) is 0 Å². The second-order valence-corrected chi connectivity index (χ2v) is 4.18. The predicted octanol–water partition coefficient (Wildman–Crippen LogP) is 3.83. The van der Waals surface area contributed by atoms with Crippen LogP contribution in [0, 0.1) is 5.92 Å². The zero-order chi connectivity index (χ0) is 9.36. The highest BCUT2D eigenvalue weighted by molar-refractivity contribution is 5.57. The molecule has 1 atom stereocenters. The lowest BCUT2D eigenvalue weighted by atomic mass is 9.93. The smallest absolute Gasteiger partial charge is 0.0385 e. The molecule has 0 saturated heterocycles. The minimum atomic E-state index is 0.932. The van der Waals surface area contributed by atoms with Gasteiger partial charge in [-0.3, -0.25) is 4.99 Å². The van der Waals surface area contributed by atoms with E-state index in [1.54, 1.807) is 0 Å². The first-order valence-corrected chi connectivity index (χ1v) is 5.91. The standard InChI is InChI=1S/C12H23N/c1-2-3-7-12-8-5-4-6-10-13-11-9-12/h11-12H,2-10H2,1H3/b13-11-. The monoisotopic (exact) mass is 181 g/mol. The van der Waals surface area contributed by atoms with Gasteiger partial charge in [-0.1, -0.05) is 45.4 Å². The van der Waals surface area contributed by atoms with Gasteiger partial charge in [0.15, 0.2) is 0 Å². The van der Waals surface area contributed by atoms with Crippen LogP contribution in [0.15, 0.2) is 4.99 Å². The first-order valence-electron chi connectivity index (χ1n) is 5.91. The summed E-state index contributed by atoms with van der Waals surface area (Å²) >= 11 is 0. The second-order valence-electron chi connectivity index (χ2n) is 4.18. The minimum Gasteiger partial charge on any atom is -0.298 e. The molecular weight excluding hydrogens is 158 g/mol. The van der Waals surface area contributed by atoms with Gasteiger partial charge in [0.1, 0.15) is 0 Å². The summed E-state index contributed by atoms with van der Waals surface area (Å²) < 4.78 is 0. The third-order valence-electron chi connectivity index (χ3n) is 2.93. The topological polar surface area (TPSA) is 12.4 Å². The van der Waals surface area contributed by atoms with E-state index in [9.17, 15) is 0 Å². The van der Waals surface area contributed by atoms with E-state index in [4.69, 9.17) is 0 Å². The van der Waals surface area contributed by atoms with Crippen LogP contribution in [0.4, 0.5) is 0 Å². The van der Waals surface area contributed by atoms with Crippen molar-refractivity contribution in [3.05, 3.63) is 0 Å². The largest absolute Gasteiger partial charge is 0.298 e. The van der Waals surface area contributed by atoms with Crippen molar-refractivity contribution in [2.75, 3.05) is 6.54 Å². The molecule has 0 saturated carbocycles. The van der Waals surface area contributed by atoms with Crippen LogP contribution in [0.1, 0.15) is 58.3 Å². The van der Waals surface area contributed by atoms with Gasteiger partial charge in [0.2, 0.25) is 0 Å². The van der Waals surface area contributed by atoms with E-state index in [1.807, 2.05) is 0 Å². The molecule has 1 rings (SSSR count). The number of unbranched alkanes of at least 4 members (excludes halogenated alkanes) is 1. The molecule has 0 fully saturated rings. The van der Waals surface area contributed by atoms with Crippen molar-refractivity contribution in [3.63, 3.8) is 0 Å². The van der Waals surface area contributed by atoms with Crippen molar-refractivity contribution in [3.8, 4) is 0 Å². The van der Waals surface area contributed by atoms with Crippen molar-refractivity contribution in [1.82, 2.24) is 0 Å². The Morgan fingerprint density at radius 1 is 1.31 bits per heavy atom. The van der Waals surface area contributed by atoms with Gasteiger partial charge in [0.05, 0.1) is 0 Å². The molecule has 0 bridgehead atoms. The first-order chi connectivity index (χ1) is 6.43. The third-order valence-corrected chi connectivity index (χ3v) is 2.93.